The SMILES string of the molecule is CC(C)c1ncc(CC(C)(C)c2ccccn2)cn1. The van der Waals surface area contributed by atoms with Gasteiger partial charge in [0.05, 0.1) is 0 Å². The average molecular weight is 255 g/mol. The lowest BCUT2D eigenvalue weighted by Gasteiger charge is -2.23. The van der Waals surface area contributed by atoms with E-state index < -0.39 is 0 Å². The van der Waals surface area contributed by atoms with Gasteiger partial charge >= 0.3 is 0 Å². The van der Waals surface area contributed by atoms with E-state index in [0.29, 0.717) is 5.92 Å². The van der Waals surface area contributed by atoms with E-state index in [2.05, 4.69) is 48.7 Å². The van der Waals surface area contributed by atoms with Gasteiger partial charge in [0.25, 0.3) is 0 Å². The van der Waals surface area contributed by atoms with Crippen molar-refractivity contribution < 1.29 is 0 Å². The lowest BCUT2D eigenvalue weighted by atomic mass is 9.83. The summed E-state index contributed by atoms with van der Waals surface area (Å²) in [5.74, 6) is 1.28. The quantitative estimate of drug-likeness (QED) is 0.839. The molecule has 0 saturated heterocycles. The van der Waals surface area contributed by atoms with Crippen LogP contribution in [0.2, 0.25) is 0 Å². The fraction of sp³-hybridized carbons (Fsp3) is 0.438. The number of aromatic nitrogens is 3. The van der Waals surface area contributed by atoms with Crippen molar-refractivity contribution in [1.82, 2.24) is 15.0 Å². The Balaban J connectivity index is 2.16. The summed E-state index contributed by atoms with van der Waals surface area (Å²) in [5.41, 5.74) is 2.24. The van der Waals surface area contributed by atoms with Gasteiger partial charge in [-0.2, -0.15) is 0 Å². The Hall–Kier alpha value is -1.77. The van der Waals surface area contributed by atoms with Gasteiger partial charge in [0, 0.05) is 35.6 Å². The summed E-state index contributed by atoms with van der Waals surface area (Å²) in [7, 11) is 0. The molecule has 0 bridgehead atoms. The molecule has 3 heteroatoms. The van der Waals surface area contributed by atoms with Crippen LogP contribution in [0, 0.1) is 0 Å². The highest BCUT2D eigenvalue weighted by Gasteiger charge is 2.22. The maximum absolute atomic E-state index is 4.45. The van der Waals surface area contributed by atoms with Gasteiger partial charge in [-0.25, -0.2) is 9.97 Å². The molecule has 0 aliphatic rings. The molecule has 2 aromatic rings. The molecule has 100 valence electrons. The van der Waals surface area contributed by atoms with Gasteiger partial charge in [-0.15, -0.1) is 0 Å². The van der Waals surface area contributed by atoms with Crippen molar-refractivity contribution in [2.45, 2.75) is 45.4 Å². The molecule has 2 aromatic heterocycles. The van der Waals surface area contributed by atoms with Crippen LogP contribution < -0.4 is 0 Å². The fourth-order valence-electron chi connectivity index (χ4n) is 2.12. The summed E-state index contributed by atoms with van der Waals surface area (Å²) >= 11 is 0. The van der Waals surface area contributed by atoms with Crippen molar-refractivity contribution in [3.05, 3.63) is 53.9 Å². The molecule has 0 spiro atoms. The summed E-state index contributed by atoms with van der Waals surface area (Å²) in [6.45, 7) is 8.61. The molecule has 0 aliphatic heterocycles. The Bertz CT molecular complexity index is 515. The van der Waals surface area contributed by atoms with Crippen molar-refractivity contribution in [1.29, 1.82) is 0 Å². The van der Waals surface area contributed by atoms with Gasteiger partial charge in [0.1, 0.15) is 5.82 Å². The largest absolute Gasteiger partial charge is 0.261 e. The summed E-state index contributed by atoms with van der Waals surface area (Å²) < 4.78 is 0. The number of hydrogen-bond donors (Lipinski definition) is 0. The van der Waals surface area contributed by atoms with E-state index >= 15 is 0 Å². The molecule has 0 N–H and O–H groups in total. The number of hydrogen-bond acceptors (Lipinski definition) is 3. The van der Waals surface area contributed by atoms with Crippen molar-refractivity contribution in [2.75, 3.05) is 0 Å². The van der Waals surface area contributed by atoms with Crippen LogP contribution in [0.15, 0.2) is 36.8 Å². The van der Waals surface area contributed by atoms with E-state index in [-0.39, 0.29) is 5.41 Å². The van der Waals surface area contributed by atoms with E-state index in [4.69, 9.17) is 0 Å². The minimum absolute atomic E-state index is 0.00995. The summed E-state index contributed by atoms with van der Waals surface area (Å²) in [6, 6.07) is 6.05. The molecule has 3 nitrogen and oxygen atoms in total. The number of pyridine rings is 1. The van der Waals surface area contributed by atoms with Gasteiger partial charge in [0.2, 0.25) is 0 Å². The van der Waals surface area contributed by atoms with Gasteiger partial charge < -0.3 is 0 Å². The van der Waals surface area contributed by atoms with Crippen molar-refractivity contribution >= 4 is 0 Å². The fourth-order valence-corrected chi connectivity index (χ4v) is 2.12. The average Bonchev–Trinajstić information content (AvgIpc) is 2.40. The summed E-state index contributed by atoms with van der Waals surface area (Å²) in [5, 5.41) is 0. The Morgan fingerprint density at radius 3 is 2.26 bits per heavy atom. The maximum Gasteiger partial charge on any atom is 0.130 e. The maximum atomic E-state index is 4.45. The van der Waals surface area contributed by atoms with Crippen LogP contribution >= 0.6 is 0 Å². The Morgan fingerprint density at radius 1 is 1.05 bits per heavy atom. The van der Waals surface area contributed by atoms with Crippen LogP contribution in [-0.4, -0.2) is 15.0 Å². The lowest BCUT2D eigenvalue weighted by molar-refractivity contribution is 0.503. The molecule has 2 rings (SSSR count). The second kappa shape index (κ2) is 5.47. The molecule has 0 aliphatic carbocycles. The molecule has 2 heterocycles. The predicted molar refractivity (Wildman–Crippen MR) is 77.1 cm³/mol. The smallest absolute Gasteiger partial charge is 0.130 e. The van der Waals surface area contributed by atoms with E-state index in [1.54, 1.807) is 0 Å². The van der Waals surface area contributed by atoms with Gasteiger partial charge in [-0.1, -0.05) is 33.8 Å². The first-order valence-corrected chi connectivity index (χ1v) is 6.71. The molecular formula is C16H21N3. The molecule has 0 atom stereocenters. The minimum atomic E-state index is -0.00995. The zero-order valence-corrected chi connectivity index (χ0v) is 12.1. The normalized spacial score (nSPS) is 11.8. The van der Waals surface area contributed by atoms with E-state index in [1.165, 1.54) is 0 Å². The Labute approximate surface area is 115 Å². The Morgan fingerprint density at radius 2 is 1.74 bits per heavy atom. The van der Waals surface area contributed by atoms with E-state index in [0.717, 1.165) is 23.5 Å². The van der Waals surface area contributed by atoms with Gasteiger partial charge in [0.15, 0.2) is 0 Å². The standard InChI is InChI=1S/C16H21N3/c1-12(2)15-18-10-13(11-19-15)9-16(3,4)14-7-5-6-8-17-14/h5-8,10-12H,9H2,1-4H3. The van der Waals surface area contributed by atoms with Crippen LogP contribution in [0.4, 0.5) is 0 Å². The zero-order valence-electron chi connectivity index (χ0n) is 12.1. The molecule has 0 amide bonds. The molecule has 0 fully saturated rings. The second-order valence-corrected chi connectivity index (χ2v) is 5.88. The van der Waals surface area contributed by atoms with Gasteiger partial charge in [-0.3, -0.25) is 4.98 Å². The monoisotopic (exact) mass is 255 g/mol. The first-order chi connectivity index (χ1) is 8.99. The van der Waals surface area contributed by atoms with Crippen molar-refractivity contribution in [2.24, 2.45) is 0 Å². The van der Waals surface area contributed by atoms with Crippen molar-refractivity contribution in [3.63, 3.8) is 0 Å². The first kappa shape index (κ1) is 13.7. The highest BCUT2D eigenvalue weighted by Crippen LogP contribution is 2.25. The summed E-state index contributed by atoms with van der Waals surface area (Å²) in [6.07, 6.45) is 6.61. The zero-order chi connectivity index (χ0) is 13.9. The van der Waals surface area contributed by atoms with Crippen LogP contribution in [-0.2, 0) is 11.8 Å². The number of nitrogens with zero attached hydrogens (tertiary/aromatic N) is 3. The van der Waals surface area contributed by atoms with Crippen LogP contribution in [0.25, 0.3) is 0 Å². The highest BCUT2D eigenvalue weighted by molar-refractivity contribution is 5.20. The third-order valence-corrected chi connectivity index (χ3v) is 3.25. The third-order valence-electron chi connectivity index (χ3n) is 3.25. The molecule has 0 aromatic carbocycles. The van der Waals surface area contributed by atoms with Crippen LogP contribution in [0.3, 0.4) is 0 Å². The topological polar surface area (TPSA) is 38.7 Å². The van der Waals surface area contributed by atoms with E-state index in [9.17, 15) is 0 Å². The molecule has 0 saturated carbocycles. The van der Waals surface area contributed by atoms with Crippen molar-refractivity contribution in [3.8, 4) is 0 Å². The molecule has 19 heavy (non-hydrogen) atoms. The molecule has 0 radical (unpaired) electrons. The van der Waals surface area contributed by atoms with Gasteiger partial charge in [-0.05, 0) is 24.1 Å². The number of rotatable bonds is 4. The Kier molecular flexibility index (Phi) is 3.93. The second-order valence-electron chi connectivity index (χ2n) is 5.88. The molecular weight excluding hydrogens is 234 g/mol. The highest BCUT2D eigenvalue weighted by atomic mass is 14.9. The van der Waals surface area contributed by atoms with Crippen LogP contribution in [0.1, 0.15) is 50.7 Å². The van der Waals surface area contributed by atoms with Crippen LogP contribution in [0.5, 0.6) is 0 Å². The van der Waals surface area contributed by atoms with E-state index in [1.807, 2.05) is 30.7 Å². The summed E-state index contributed by atoms with van der Waals surface area (Å²) in [4.78, 5) is 13.3. The molecule has 0 unspecified atom stereocenters. The first-order valence-electron chi connectivity index (χ1n) is 6.71. The third kappa shape index (κ3) is 3.37. The predicted octanol–water partition coefficient (Wildman–Crippen LogP) is 3.52. The lowest BCUT2D eigenvalue weighted by Crippen LogP contribution is -2.22. The minimum Gasteiger partial charge on any atom is -0.261 e.